The molecule has 1 atom stereocenters. The molecule has 0 aromatic heterocycles. The third-order valence-corrected chi connectivity index (χ3v) is 7.51. The Morgan fingerprint density at radius 3 is 1.53 bits per heavy atom. The van der Waals surface area contributed by atoms with Gasteiger partial charge in [-0.3, -0.25) is 0 Å². The Morgan fingerprint density at radius 1 is 0.529 bits per heavy atom. The van der Waals surface area contributed by atoms with E-state index in [4.69, 9.17) is 0 Å². The van der Waals surface area contributed by atoms with E-state index in [-0.39, 0.29) is 0 Å². The fourth-order valence-corrected chi connectivity index (χ4v) is 5.32. The van der Waals surface area contributed by atoms with Crippen molar-refractivity contribution < 1.29 is 0 Å². The quantitative estimate of drug-likeness (QED) is 0.156. The summed E-state index contributed by atoms with van der Waals surface area (Å²) >= 11 is 0. The number of para-hydroxylation sites is 1. The molecule has 0 aliphatic carbocycles. The number of benzene rings is 1. The molecule has 2 nitrogen and oxygen atoms in total. The molecule has 2 rings (SSSR count). The van der Waals surface area contributed by atoms with E-state index in [1.54, 1.807) is 0 Å². The fraction of sp³-hybridized carbons (Fsp3) is 0.750. The summed E-state index contributed by atoms with van der Waals surface area (Å²) in [5, 5.41) is 0. The molecule has 1 heterocycles. The number of nitrogens with zero attached hydrogens (tertiary/aromatic N) is 2. The zero-order chi connectivity index (χ0) is 24.1. The summed E-state index contributed by atoms with van der Waals surface area (Å²) in [7, 11) is 0. The molecule has 1 unspecified atom stereocenters. The van der Waals surface area contributed by atoms with E-state index in [1.807, 2.05) is 0 Å². The van der Waals surface area contributed by atoms with E-state index in [0.29, 0.717) is 6.17 Å². The first-order valence-corrected chi connectivity index (χ1v) is 15.1. The lowest BCUT2D eigenvalue weighted by Gasteiger charge is -2.33. The first kappa shape index (κ1) is 28.8. The van der Waals surface area contributed by atoms with Gasteiger partial charge in [-0.25, -0.2) is 0 Å². The van der Waals surface area contributed by atoms with Gasteiger partial charge in [0, 0.05) is 24.6 Å². The van der Waals surface area contributed by atoms with Gasteiger partial charge in [0.15, 0.2) is 0 Å². The zero-order valence-corrected chi connectivity index (χ0v) is 22.9. The van der Waals surface area contributed by atoms with Crippen molar-refractivity contribution in [2.45, 2.75) is 148 Å². The summed E-state index contributed by atoms with van der Waals surface area (Å²) in [5.74, 6) is 0. The minimum Gasteiger partial charge on any atom is -0.356 e. The Morgan fingerprint density at radius 2 is 1.00 bits per heavy atom. The summed E-state index contributed by atoms with van der Waals surface area (Å²) in [6.45, 7) is 5.81. The lowest BCUT2D eigenvalue weighted by atomic mass is 10.0. The minimum atomic E-state index is 0.505. The average molecular weight is 469 g/mol. The lowest BCUT2D eigenvalue weighted by Crippen LogP contribution is -2.39. The van der Waals surface area contributed by atoms with E-state index >= 15 is 0 Å². The van der Waals surface area contributed by atoms with Crippen LogP contribution in [0.2, 0.25) is 0 Å². The van der Waals surface area contributed by atoms with Crippen LogP contribution in [-0.4, -0.2) is 17.6 Å². The van der Waals surface area contributed by atoms with Gasteiger partial charge in [-0.2, -0.15) is 0 Å². The van der Waals surface area contributed by atoms with Crippen LogP contribution >= 0.6 is 0 Å². The lowest BCUT2D eigenvalue weighted by molar-refractivity contribution is 0.273. The normalized spacial score (nSPS) is 15.5. The van der Waals surface area contributed by atoms with Crippen LogP contribution in [0, 0.1) is 0 Å². The van der Waals surface area contributed by atoms with E-state index in [0.717, 1.165) is 0 Å². The molecule has 0 N–H and O–H groups in total. The Balaban J connectivity index is 1.61. The molecule has 0 radical (unpaired) electrons. The maximum absolute atomic E-state index is 2.62. The molecule has 0 fully saturated rings. The second-order valence-electron chi connectivity index (χ2n) is 10.6. The van der Waals surface area contributed by atoms with Gasteiger partial charge in [0.05, 0.1) is 0 Å². The van der Waals surface area contributed by atoms with Crippen LogP contribution < -0.4 is 4.90 Å². The van der Waals surface area contributed by atoms with Crippen LogP contribution in [0.5, 0.6) is 0 Å². The first-order valence-electron chi connectivity index (χ1n) is 15.1. The Bertz CT molecular complexity index is 596. The smallest absolute Gasteiger partial charge is 0.105 e. The number of hydrogen-bond acceptors (Lipinski definition) is 2. The van der Waals surface area contributed by atoms with Crippen molar-refractivity contribution in [1.29, 1.82) is 0 Å². The van der Waals surface area contributed by atoms with Crippen molar-refractivity contribution in [3.8, 4) is 0 Å². The maximum Gasteiger partial charge on any atom is 0.105 e. The molecular weight excluding hydrogens is 412 g/mol. The highest BCUT2D eigenvalue weighted by molar-refractivity contribution is 5.51. The molecule has 2 heteroatoms. The molecule has 1 aromatic rings. The molecule has 1 aliphatic rings. The molecule has 0 amide bonds. The number of rotatable bonds is 22. The van der Waals surface area contributed by atoms with Gasteiger partial charge < -0.3 is 9.80 Å². The van der Waals surface area contributed by atoms with Gasteiger partial charge in [0.25, 0.3) is 0 Å². The van der Waals surface area contributed by atoms with Crippen LogP contribution in [0.1, 0.15) is 142 Å². The molecule has 34 heavy (non-hydrogen) atoms. The predicted octanol–water partition coefficient (Wildman–Crippen LogP) is 10.4. The van der Waals surface area contributed by atoms with Crippen molar-refractivity contribution in [3.05, 3.63) is 42.7 Å². The second-order valence-corrected chi connectivity index (χ2v) is 10.6. The molecule has 0 saturated heterocycles. The Kier molecular flexibility index (Phi) is 16.8. The fourth-order valence-electron chi connectivity index (χ4n) is 5.32. The van der Waals surface area contributed by atoms with Crippen molar-refractivity contribution in [2.75, 3.05) is 11.4 Å². The van der Waals surface area contributed by atoms with E-state index in [1.165, 1.54) is 141 Å². The van der Waals surface area contributed by atoms with E-state index in [9.17, 15) is 0 Å². The molecule has 194 valence electrons. The van der Waals surface area contributed by atoms with Crippen LogP contribution in [-0.2, 0) is 0 Å². The summed E-state index contributed by atoms with van der Waals surface area (Å²) in [6, 6.07) is 11.0. The van der Waals surface area contributed by atoms with Gasteiger partial charge in [0.2, 0.25) is 0 Å². The summed E-state index contributed by atoms with van der Waals surface area (Å²) in [6.07, 6.45) is 33.2. The molecule has 1 aliphatic heterocycles. The third-order valence-electron chi connectivity index (χ3n) is 7.51. The van der Waals surface area contributed by atoms with Crippen LogP contribution in [0.4, 0.5) is 5.69 Å². The third kappa shape index (κ3) is 12.3. The maximum atomic E-state index is 2.62. The van der Waals surface area contributed by atoms with Crippen molar-refractivity contribution >= 4 is 5.69 Å². The molecule has 1 aromatic carbocycles. The summed E-state index contributed by atoms with van der Waals surface area (Å²) in [4.78, 5) is 5.13. The van der Waals surface area contributed by atoms with Gasteiger partial charge >= 0.3 is 0 Å². The van der Waals surface area contributed by atoms with Crippen molar-refractivity contribution in [1.82, 2.24) is 4.90 Å². The predicted molar refractivity (Wildman–Crippen MR) is 152 cm³/mol. The summed E-state index contributed by atoms with van der Waals surface area (Å²) < 4.78 is 0. The standard InChI is InChI=1S/C32H56N2/c1-3-5-7-9-11-12-13-14-15-16-17-18-23-27-32-33(28-24-19-10-8-6-4-2)29-30-34(32)31-25-21-20-22-26-31/h20-22,25-26,29-30,32H,3-19,23-24,27-28H2,1-2H3. The Labute approximate surface area is 213 Å². The van der Waals surface area contributed by atoms with Crippen LogP contribution in [0.15, 0.2) is 42.7 Å². The van der Waals surface area contributed by atoms with Crippen molar-refractivity contribution in [2.24, 2.45) is 0 Å². The van der Waals surface area contributed by atoms with Gasteiger partial charge in [0.1, 0.15) is 6.17 Å². The highest BCUT2D eigenvalue weighted by atomic mass is 15.4. The van der Waals surface area contributed by atoms with E-state index < -0.39 is 0 Å². The first-order chi connectivity index (χ1) is 16.9. The molecular formula is C32H56N2. The van der Waals surface area contributed by atoms with Gasteiger partial charge in [-0.05, 0) is 31.4 Å². The average Bonchev–Trinajstić information content (AvgIpc) is 3.27. The molecule has 0 saturated carbocycles. The number of anilines is 1. The second kappa shape index (κ2) is 19.8. The largest absolute Gasteiger partial charge is 0.356 e. The van der Waals surface area contributed by atoms with Crippen LogP contribution in [0.3, 0.4) is 0 Å². The monoisotopic (exact) mass is 468 g/mol. The number of hydrogen-bond donors (Lipinski definition) is 0. The van der Waals surface area contributed by atoms with Gasteiger partial charge in [-0.15, -0.1) is 0 Å². The van der Waals surface area contributed by atoms with Crippen LogP contribution in [0.25, 0.3) is 0 Å². The number of unbranched alkanes of at least 4 members (excludes halogenated alkanes) is 17. The minimum absolute atomic E-state index is 0.505. The van der Waals surface area contributed by atoms with E-state index in [2.05, 4.69) is 66.4 Å². The van der Waals surface area contributed by atoms with Gasteiger partial charge in [-0.1, -0.05) is 141 Å². The SMILES string of the molecule is CCCCCCCCCCCCCCCC1N(CCCCCCCC)C=CN1c1ccccc1. The highest BCUT2D eigenvalue weighted by Crippen LogP contribution is 2.28. The van der Waals surface area contributed by atoms with Crippen molar-refractivity contribution in [3.63, 3.8) is 0 Å². The topological polar surface area (TPSA) is 6.48 Å². The molecule has 0 bridgehead atoms. The summed E-state index contributed by atoms with van der Waals surface area (Å²) in [5.41, 5.74) is 1.34. The Hall–Kier alpha value is -1.44. The zero-order valence-electron chi connectivity index (χ0n) is 22.9. The highest BCUT2D eigenvalue weighted by Gasteiger charge is 2.26. The molecule has 0 spiro atoms.